The summed E-state index contributed by atoms with van der Waals surface area (Å²) in [6.45, 7) is 5.98. The third-order valence-corrected chi connectivity index (χ3v) is 3.08. The summed E-state index contributed by atoms with van der Waals surface area (Å²) in [5.74, 6) is 0.236. The summed E-state index contributed by atoms with van der Waals surface area (Å²) in [5, 5.41) is 0.643. The second-order valence-electron chi connectivity index (χ2n) is 5.27. The van der Waals surface area contributed by atoms with Crippen molar-refractivity contribution < 1.29 is 4.39 Å². The largest absolute Gasteiger partial charge is 0.232 e. The first kappa shape index (κ1) is 14.2. The Balaban J connectivity index is 2.59. The topological polar surface area (TPSA) is 25.8 Å². The highest BCUT2D eigenvalue weighted by atomic mass is 35.5. The van der Waals surface area contributed by atoms with Gasteiger partial charge in [-0.25, -0.2) is 14.4 Å². The molecule has 5 heteroatoms. The Kier molecular flexibility index (Phi) is 3.79. The molecule has 1 aromatic carbocycles. The molecule has 2 rings (SSSR count). The van der Waals surface area contributed by atoms with Gasteiger partial charge in [-0.2, -0.15) is 0 Å². The summed E-state index contributed by atoms with van der Waals surface area (Å²) >= 11 is 12.1. The van der Waals surface area contributed by atoms with Crippen LogP contribution < -0.4 is 0 Å². The van der Waals surface area contributed by atoms with E-state index in [9.17, 15) is 4.39 Å². The number of benzene rings is 1. The smallest absolute Gasteiger partial charge is 0.136 e. The van der Waals surface area contributed by atoms with Crippen molar-refractivity contribution in [1.29, 1.82) is 0 Å². The Morgan fingerprint density at radius 2 is 1.74 bits per heavy atom. The van der Waals surface area contributed by atoms with Gasteiger partial charge >= 0.3 is 0 Å². The van der Waals surface area contributed by atoms with E-state index in [2.05, 4.69) is 9.97 Å². The molecule has 0 atom stereocenters. The number of rotatable bonds is 1. The van der Waals surface area contributed by atoms with Gasteiger partial charge in [-0.1, -0.05) is 44.0 Å². The normalized spacial score (nSPS) is 11.7. The van der Waals surface area contributed by atoms with Crippen molar-refractivity contribution in [3.05, 3.63) is 46.1 Å². The first-order valence-corrected chi connectivity index (χ1v) is 6.53. The Hall–Kier alpha value is -1.19. The summed E-state index contributed by atoms with van der Waals surface area (Å²) < 4.78 is 13.1. The maximum absolute atomic E-state index is 13.1. The van der Waals surface area contributed by atoms with Crippen LogP contribution in [0.15, 0.2) is 24.3 Å². The molecule has 0 unspecified atom stereocenters. The molecule has 0 fully saturated rings. The minimum atomic E-state index is -0.384. The molecule has 0 saturated heterocycles. The molecule has 0 spiro atoms. The van der Waals surface area contributed by atoms with Gasteiger partial charge in [-0.3, -0.25) is 0 Å². The van der Waals surface area contributed by atoms with Crippen LogP contribution in [0.3, 0.4) is 0 Å². The molecular formula is C14H13Cl2FN2. The summed E-state index contributed by atoms with van der Waals surface area (Å²) in [6, 6.07) is 5.80. The van der Waals surface area contributed by atoms with Crippen LogP contribution in [-0.4, -0.2) is 9.97 Å². The average molecular weight is 299 g/mol. The maximum atomic E-state index is 13.1. The van der Waals surface area contributed by atoms with Gasteiger partial charge in [0, 0.05) is 17.0 Å². The molecule has 0 aliphatic rings. The third kappa shape index (κ3) is 3.23. The second-order valence-corrected chi connectivity index (χ2v) is 6.07. The van der Waals surface area contributed by atoms with Crippen LogP contribution >= 0.6 is 23.2 Å². The molecule has 0 radical (unpaired) electrons. The molecule has 2 nitrogen and oxygen atoms in total. The van der Waals surface area contributed by atoms with Crippen LogP contribution in [0.1, 0.15) is 26.6 Å². The van der Waals surface area contributed by atoms with Crippen molar-refractivity contribution in [1.82, 2.24) is 9.97 Å². The lowest BCUT2D eigenvalue weighted by Crippen LogP contribution is -2.16. The molecule has 0 bridgehead atoms. The highest BCUT2D eigenvalue weighted by Gasteiger charge is 2.19. The molecule has 0 saturated carbocycles. The summed E-state index contributed by atoms with van der Waals surface area (Å²) in [6.07, 6.45) is 0. The quantitative estimate of drug-likeness (QED) is 0.701. The van der Waals surface area contributed by atoms with Crippen molar-refractivity contribution in [2.24, 2.45) is 0 Å². The monoisotopic (exact) mass is 298 g/mol. The zero-order valence-electron chi connectivity index (χ0n) is 10.8. The van der Waals surface area contributed by atoms with Gasteiger partial charge < -0.3 is 0 Å². The van der Waals surface area contributed by atoms with Crippen LogP contribution in [-0.2, 0) is 5.41 Å². The lowest BCUT2D eigenvalue weighted by Gasteiger charge is -2.17. The predicted molar refractivity (Wildman–Crippen MR) is 76.1 cm³/mol. The standard InChI is InChI=1S/C14H13Cl2FN2/c1-14(2,3)13-18-11(7-12(16)19-13)9-5-4-8(17)6-10(9)15/h4-7H,1-3H3. The molecule has 100 valence electrons. The average Bonchev–Trinajstić information content (AvgIpc) is 2.26. The van der Waals surface area contributed by atoms with E-state index in [0.717, 1.165) is 0 Å². The minimum Gasteiger partial charge on any atom is -0.232 e. The van der Waals surface area contributed by atoms with Crippen molar-refractivity contribution in [2.75, 3.05) is 0 Å². The van der Waals surface area contributed by atoms with Crippen molar-refractivity contribution in [3.63, 3.8) is 0 Å². The van der Waals surface area contributed by atoms with Crippen LogP contribution in [0.2, 0.25) is 10.2 Å². The fourth-order valence-corrected chi connectivity index (χ4v) is 2.04. The van der Waals surface area contributed by atoms with E-state index >= 15 is 0 Å². The van der Waals surface area contributed by atoms with Gasteiger partial charge in [0.05, 0.1) is 10.7 Å². The number of aromatic nitrogens is 2. The second kappa shape index (κ2) is 5.06. The molecule has 19 heavy (non-hydrogen) atoms. The molecule has 2 aromatic rings. The van der Waals surface area contributed by atoms with E-state index in [1.54, 1.807) is 12.1 Å². The number of hydrogen-bond donors (Lipinski definition) is 0. The highest BCUT2D eigenvalue weighted by molar-refractivity contribution is 6.33. The Morgan fingerprint density at radius 3 is 2.32 bits per heavy atom. The number of halogens is 3. The summed E-state index contributed by atoms with van der Waals surface area (Å²) in [5.41, 5.74) is 0.999. The van der Waals surface area contributed by atoms with Gasteiger partial charge in [-0.15, -0.1) is 0 Å². The van der Waals surface area contributed by atoms with Gasteiger partial charge in [-0.05, 0) is 18.2 Å². The van der Waals surface area contributed by atoms with Gasteiger partial charge in [0.2, 0.25) is 0 Å². The fraction of sp³-hybridized carbons (Fsp3) is 0.286. The maximum Gasteiger partial charge on any atom is 0.136 e. The van der Waals surface area contributed by atoms with Crippen LogP contribution in [0.25, 0.3) is 11.3 Å². The van der Waals surface area contributed by atoms with E-state index in [1.807, 2.05) is 20.8 Å². The molecule has 0 N–H and O–H groups in total. The summed E-state index contributed by atoms with van der Waals surface area (Å²) in [7, 11) is 0. The van der Waals surface area contributed by atoms with Crippen LogP contribution in [0, 0.1) is 5.82 Å². The predicted octanol–water partition coefficient (Wildman–Crippen LogP) is 4.89. The van der Waals surface area contributed by atoms with Crippen molar-refractivity contribution in [2.45, 2.75) is 26.2 Å². The zero-order valence-corrected chi connectivity index (χ0v) is 12.3. The molecule has 1 heterocycles. The van der Waals surface area contributed by atoms with Crippen molar-refractivity contribution >= 4 is 23.2 Å². The SMILES string of the molecule is CC(C)(C)c1nc(Cl)cc(-c2ccc(F)cc2Cl)n1. The third-order valence-electron chi connectivity index (χ3n) is 2.57. The Labute approximate surface area is 121 Å². The first-order chi connectivity index (χ1) is 8.77. The van der Waals surface area contributed by atoms with E-state index < -0.39 is 0 Å². The fourth-order valence-electron chi connectivity index (χ4n) is 1.59. The lowest BCUT2D eigenvalue weighted by molar-refractivity contribution is 0.546. The Bertz CT molecular complexity index is 621. The molecule has 0 aliphatic heterocycles. The molecular weight excluding hydrogens is 286 g/mol. The zero-order chi connectivity index (χ0) is 14.2. The molecule has 1 aromatic heterocycles. The van der Waals surface area contributed by atoms with E-state index in [4.69, 9.17) is 23.2 Å². The Morgan fingerprint density at radius 1 is 1.05 bits per heavy atom. The number of hydrogen-bond acceptors (Lipinski definition) is 2. The van der Waals surface area contributed by atoms with E-state index in [0.29, 0.717) is 27.3 Å². The van der Waals surface area contributed by atoms with E-state index in [1.165, 1.54) is 12.1 Å². The highest BCUT2D eigenvalue weighted by Crippen LogP contribution is 2.30. The van der Waals surface area contributed by atoms with Gasteiger partial charge in [0.1, 0.15) is 16.8 Å². The van der Waals surface area contributed by atoms with Crippen LogP contribution in [0.4, 0.5) is 4.39 Å². The summed E-state index contributed by atoms with van der Waals surface area (Å²) in [4.78, 5) is 8.68. The number of nitrogens with zero attached hydrogens (tertiary/aromatic N) is 2. The lowest BCUT2D eigenvalue weighted by atomic mass is 9.95. The van der Waals surface area contributed by atoms with Crippen molar-refractivity contribution in [3.8, 4) is 11.3 Å². The molecule has 0 aliphatic carbocycles. The van der Waals surface area contributed by atoms with Gasteiger partial charge in [0.15, 0.2) is 0 Å². The van der Waals surface area contributed by atoms with E-state index in [-0.39, 0.29) is 11.2 Å². The van der Waals surface area contributed by atoms with Gasteiger partial charge in [0.25, 0.3) is 0 Å². The van der Waals surface area contributed by atoms with Crippen LogP contribution in [0.5, 0.6) is 0 Å². The minimum absolute atomic E-state index is 0.230. The molecule has 0 amide bonds. The first-order valence-electron chi connectivity index (χ1n) is 5.78.